The standard InChI is InChI=1S/C21H17Cl2N3O5S/c1-3-32(28,29)26-11-4-6-16-13(8-11)18-12(5-7-17(30-2)20(18)31-16)21(27)25-19-14(22)9-24-10-15(19)23/h4-10,26H,3H2,1-2H3,(H,24,25,27). The Morgan fingerprint density at radius 3 is 2.53 bits per heavy atom. The lowest BCUT2D eigenvalue weighted by molar-refractivity contribution is 0.102. The molecule has 0 aliphatic rings. The first-order valence-corrected chi connectivity index (χ1v) is 11.8. The Balaban J connectivity index is 1.89. The van der Waals surface area contributed by atoms with E-state index >= 15 is 0 Å². The minimum atomic E-state index is -3.49. The minimum absolute atomic E-state index is 0.0773. The van der Waals surface area contributed by atoms with E-state index in [9.17, 15) is 13.2 Å². The van der Waals surface area contributed by atoms with Crippen molar-refractivity contribution in [2.75, 3.05) is 22.9 Å². The molecule has 2 aromatic heterocycles. The van der Waals surface area contributed by atoms with Crippen LogP contribution in [0.4, 0.5) is 11.4 Å². The van der Waals surface area contributed by atoms with Crippen LogP contribution in [-0.4, -0.2) is 32.2 Å². The molecule has 0 saturated carbocycles. The maximum Gasteiger partial charge on any atom is 0.256 e. The van der Waals surface area contributed by atoms with Crippen molar-refractivity contribution in [2.24, 2.45) is 0 Å². The molecule has 0 saturated heterocycles. The van der Waals surface area contributed by atoms with Gasteiger partial charge in [-0.25, -0.2) is 8.42 Å². The van der Waals surface area contributed by atoms with Crippen LogP contribution in [0.1, 0.15) is 17.3 Å². The van der Waals surface area contributed by atoms with Crippen LogP contribution < -0.4 is 14.8 Å². The summed E-state index contributed by atoms with van der Waals surface area (Å²) in [6, 6.07) is 8.01. The Hall–Kier alpha value is -3.01. The first kappa shape index (κ1) is 22.2. The van der Waals surface area contributed by atoms with Gasteiger partial charge in [0, 0.05) is 28.9 Å². The molecule has 2 aromatic carbocycles. The van der Waals surface area contributed by atoms with Gasteiger partial charge in [0.1, 0.15) is 5.58 Å². The molecule has 0 aliphatic carbocycles. The average molecular weight is 494 g/mol. The molecule has 8 nitrogen and oxygen atoms in total. The molecule has 0 radical (unpaired) electrons. The van der Waals surface area contributed by atoms with Crippen LogP contribution in [-0.2, 0) is 10.0 Å². The molecule has 11 heteroatoms. The fourth-order valence-electron chi connectivity index (χ4n) is 3.23. The third-order valence-corrected chi connectivity index (χ3v) is 6.67. The maximum absolute atomic E-state index is 13.2. The van der Waals surface area contributed by atoms with Gasteiger partial charge in [-0.15, -0.1) is 0 Å². The SMILES string of the molecule is CCS(=O)(=O)Nc1ccc2oc3c(OC)ccc(C(=O)Nc4c(Cl)cncc4Cl)c3c2c1. The predicted molar refractivity (Wildman–Crippen MR) is 126 cm³/mol. The number of halogens is 2. The number of aromatic nitrogens is 1. The second-order valence-electron chi connectivity index (χ2n) is 6.77. The van der Waals surface area contributed by atoms with Crippen molar-refractivity contribution in [1.82, 2.24) is 4.98 Å². The zero-order valence-electron chi connectivity index (χ0n) is 16.9. The van der Waals surface area contributed by atoms with Gasteiger partial charge in [0.25, 0.3) is 5.91 Å². The number of pyridine rings is 1. The Morgan fingerprint density at radius 1 is 1.16 bits per heavy atom. The van der Waals surface area contributed by atoms with Gasteiger partial charge in [0.15, 0.2) is 11.3 Å². The third kappa shape index (κ3) is 4.06. The highest BCUT2D eigenvalue weighted by Crippen LogP contribution is 2.39. The number of carbonyl (C=O) groups is 1. The highest BCUT2D eigenvalue weighted by atomic mass is 35.5. The van der Waals surface area contributed by atoms with E-state index in [-0.39, 0.29) is 27.0 Å². The third-order valence-electron chi connectivity index (χ3n) is 4.79. The molecule has 1 amide bonds. The number of nitrogens with one attached hydrogen (secondary N) is 2. The van der Waals surface area contributed by atoms with E-state index in [4.69, 9.17) is 32.4 Å². The van der Waals surface area contributed by atoms with Crippen LogP contribution in [0.5, 0.6) is 5.75 Å². The summed E-state index contributed by atoms with van der Waals surface area (Å²) in [7, 11) is -2.00. The summed E-state index contributed by atoms with van der Waals surface area (Å²) in [4.78, 5) is 17.1. The number of ether oxygens (including phenoxy) is 1. The Bertz CT molecular complexity index is 1450. The number of hydrogen-bond donors (Lipinski definition) is 2. The number of furan rings is 1. The second-order valence-corrected chi connectivity index (χ2v) is 9.60. The number of fused-ring (bicyclic) bond motifs is 3. The van der Waals surface area contributed by atoms with Crippen molar-refractivity contribution < 1.29 is 22.4 Å². The van der Waals surface area contributed by atoms with Crippen molar-refractivity contribution in [3.63, 3.8) is 0 Å². The summed E-state index contributed by atoms with van der Waals surface area (Å²) in [5, 5.41) is 4.06. The quantitative estimate of drug-likeness (QED) is 0.376. The van der Waals surface area contributed by atoms with Crippen LogP contribution in [0, 0.1) is 0 Å². The highest BCUT2D eigenvalue weighted by molar-refractivity contribution is 7.92. The van der Waals surface area contributed by atoms with Crippen LogP contribution in [0.25, 0.3) is 21.9 Å². The molecule has 0 fully saturated rings. The number of benzene rings is 2. The van der Waals surface area contributed by atoms with Crippen LogP contribution >= 0.6 is 23.2 Å². The zero-order valence-corrected chi connectivity index (χ0v) is 19.2. The molecule has 0 unspecified atom stereocenters. The zero-order chi connectivity index (χ0) is 23.0. The molecule has 4 aromatic rings. The molecule has 4 rings (SSSR count). The molecular weight excluding hydrogens is 477 g/mol. The predicted octanol–water partition coefficient (Wildman–Crippen LogP) is 5.31. The summed E-state index contributed by atoms with van der Waals surface area (Å²) in [5.74, 6) is -0.148. The fourth-order valence-corrected chi connectivity index (χ4v) is 4.32. The lowest BCUT2D eigenvalue weighted by atomic mass is 10.0. The second kappa shape index (κ2) is 8.50. The van der Waals surface area contributed by atoms with Crippen molar-refractivity contribution in [1.29, 1.82) is 0 Å². The highest BCUT2D eigenvalue weighted by Gasteiger charge is 2.22. The summed E-state index contributed by atoms with van der Waals surface area (Å²) in [6.45, 7) is 1.54. The number of hydrogen-bond acceptors (Lipinski definition) is 6. The number of rotatable bonds is 6. The molecule has 0 spiro atoms. The van der Waals surface area contributed by atoms with Gasteiger partial charge in [-0.1, -0.05) is 23.2 Å². The van der Waals surface area contributed by atoms with E-state index in [1.165, 1.54) is 26.4 Å². The fraction of sp³-hybridized carbons (Fsp3) is 0.143. The van der Waals surface area contributed by atoms with E-state index in [1.807, 2.05) is 0 Å². The normalized spacial score (nSPS) is 11.6. The van der Waals surface area contributed by atoms with E-state index < -0.39 is 15.9 Å². The molecule has 2 N–H and O–H groups in total. The van der Waals surface area contributed by atoms with Crippen molar-refractivity contribution >= 4 is 72.4 Å². The molecule has 32 heavy (non-hydrogen) atoms. The first-order valence-electron chi connectivity index (χ1n) is 9.38. The van der Waals surface area contributed by atoms with Gasteiger partial charge >= 0.3 is 0 Å². The van der Waals surface area contributed by atoms with E-state index in [0.29, 0.717) is 33.4 Å². The van der Waals surface area contributed by atoms with E-state index in [2.05, 4.69) is 15.0 Å². The number of amides is 1. The first-order chi connectivity index (χ1) is 15.2. The van der Waals surface area contributed by atoms with Gasteiger partial charge < -0.3 is 14.5 Å². The maximum atomic E-state index is 13.2. The van der Waals surface area contributed by atoms with Crippen LogP contribution in [0.3, 0.4) is 0 Å². The van der Waals surface area contributed by atoms with Gasteiger partial charge in [0.2, 0.25) is 10.0 Å². The molecule has 0 bridgehead atoms. The summed E-state index contributed by atoms with van der Waals surface area (Å²) in [6.07, 6.45) is 2.73. The Morgan fingerprint density at radius 2 is 1.88 bits per heavy atom. The molecule has 0 atom stereocenters. The lowest BCUT2D eigenvalue weighted by Gasteiger charge is -2.10. The van der Waals surface area contributed by atoms with Crippen LogP contribution in [0.15, 0.2) is 47.1 Å². The van der Waals surface area contributed by atoms with Crippen molar-refractivity contribution in [2.45, 2.75) is 6.92 Å². The number of anilines is 2. The van der Waals surface area contributed by atoms with Gasteiger partial charge in [-0.05, 0) is 37.3 Å². The summed E-state index contributed by atoms with van der Waals surface area (Å²) in [5.41, 5.74) is 1.63. The number of carbonyl (C=O) groups excluding carboxylic acids is 1. The van der Waals surface area contributed by atoms with E-state index in [0.717, 1.165) is 0 Å². The number of sulfonamides is 1. The molecule has 2 heterocycles. The van der Waals surface area contributed by atoms with Crippen molar-refractivity contribution in [3.8, 4) is 5.75 Å². The monoisotopic (exact) mass is 493 g/mol. The van der Waals surface area contributed by atoms with Gasteiger partial charge in [0.05, 0.1) is 34.2 Å². The van der Waals surface area contributed by atoms with Gasteiger partial charge in [-0.2, -0.15) is 0 Å². The smallest absolute Gasteiger partial charge is 0.256 e. The Kier molecular flexibility index (Phi) is 5.89. The minimum Gasteiger partial charge on any atom is -0.493 e. The lowest BCUT2D eigenvalue weighted by Crippen LogP contribution is -2.14. The number of nitrogens with zero attached hydrogens (tertiary/aromatic N) is 1. The topological polar surface area (TPSA) is 111 Å². The Labute approximate surface area is 193 Å². The molecular formula is C21H17Cl2N3O5S. The average Bonchev–Trinajstić information content (AvgIpc) is 3.14. The summed E-state index contributed by atoms with van der Waals surface area (Å²) < 4.78 is 37.8. The van der Waals surface area contributed by atoms with Gasteiger partial charge in [-0.3, -0.25) is 14.5 Å². The largest absolute Gasteiger partial charge is 0.493 e. The summed E-state index contributed by atoms with van der Waals surface area (Å²) >= 11 is 12.3. The molecule has 166 valence electrons. The van der Waals surface area contributed by atoms with E-state index in [1.54, 1.807) is 30.3 Å². The van der Waals surface area contributed by atoms with Crippen LogP contribution in [0.2, 0.25) is 10.0 Å². The van der Waals surface area contributed by atoms with Crippen molar-refractivity contribution in [3.05, 3.63) is 58.3 Å². The molecule has 0 aliphatic heterocycles. The number of methoxy groups -OCH3 is 1.